The van der Waals surface area contributed by atoms with Crippen LogP contribution < -0.4 is 10.5 Å². The highest BCUT2D eigenvalue weighted by Gasteiger charge is 2.30. The molecule has 19 heavy (non-hydrogen) atoms. The molecule has 0 saturated heterocycles. The molecular weight excluding hydrogens is 238 g/mol. The third kappa shape index (κ3) is 2.73. The van der Waals surface area contributed by atoms with Gasteiger partial charge in [-0.1, -0.05) is 6.92 Å². The van der Waals surface area contributed by atoms with Gasteiger partial charge >= 0.3 is 0 Å². The minimum Gasteiger partial charge on any atom is -0.474 e. The molecule has 104 valence electrons. The summed E-state index contributed by atoms with van der Waals surface area (Å²) in [7, 11) is 0. The van der Waals surface area contributed by atoms with E-state index in [2.05, 4.69) is 6.92 Å². The number of nitrogens with two attached hydrogens (primary N) is 1. The maximum Gasteiger partial charge on any atom is 0.220 e. The number of aromatic nitrogens is 2. The molecule has 0 radical (unpaired) electrons. The van der Waals surface area contributed by atoms with Crippen molar-refractivity contribution >= 4 is 0 Å². The smallest absolute Gasteiger partial charge is 0.220 e. The van der Waals surface area contributed by atoms with Crippen LogP contribution in [0.3, 0.4) is 0 Å². The van der Waals surface area contributed by atoms with Crippen molar-refractivity contribution in [2.75, 3.05) is 6.54 Å². The summed E-state index contributed by atoms with van der Waals surface area (Å²) in [5, 5.41) is 0. The van der Waals surface area contributed by atoms with Crippen LogP contribution >= 0.6 is 0 Å². The molecule has 2 aliphatic carbocycles. The van der Waals surface area contributed by atoms with Crippen molar-refractivity contribution in [1.82, 2.24) is 9.97 Å². The summed E-state index contributed by atoms with van der Waals surface area (Å²) < 4.78 is 6.09. The average molecular weight is 261 g/mol. The highest BCUT2D eigenvalue weighted by Crippen LogP contribution is 2.40. The monoisotopic (exact) mass is 261 g/mol. The number of hydrogen-bond donors (Lipinski definition) is 1. The molecule has 0 unspecified atom stereocenters. The van der Waals surface area contributed by atoms with Crippen LogP contribution in [0.15, 0.2) is 0 Å². The third-order valence-electron chi connectivity index (χ3n) is 4.07. The number of ether oxygens (including phenoxy) is 1. The van der Waals surface area contributed by atoms with Gasteiger partial charge in [-0.3, -0.25) is 0 Å². The van der Waals surface area contributed by atoms with E-state index in [9.17, 15) is 0 Å². The van der Waals surface area contributed by atoms with Gasteiger partial charge in [-0.05, 0) is 51.5 Å². The Morgan fingerprint density at radius 2 is 2.00 bits per heavy atom. The molecule has 0 spiro atoms. The fraction of sp³-hybridized carbons (Fsp3) is 0.733. The van der Waals surface area contributed by atoms with Crippen LogP contribution in [-0.4, -0.2) is 22.6 Å². The lowest BCUT2D eigenvalue weighted by molar-refractivity contribution is 0.112. The molecule has 4 heteroatoms. The first-order valence-corrected chi connectivity index (χ1v) is 7.58. The predicted molar refractivity (Wildman–Crippen MR) is 74.4 cm³/mol. The zero-order valence-corrected chi connectivity index (χ0v) is 11.7. The number of hydrogen-bond acceptors (Lipinski definition) is 4. The van der Waals surface area contributed by atoms with E-state index in [1.807, 2.05) is 0 Å². The van der Waals surface area contributed by atoms with Crippen LogP contribution in [-0.2, 0) is 12.8 Å². The maximum atomic E-state index is 6.09. The molecule has 3 rings (SSSR count). The van der Waals surface area contributed by atoms with Gasteiger partial charge in [0.15, 0.2) is 0 Å². The fourth-order valence-corrected chi connectivity index (χ4v) is 2.48. The summed E-state index contributed by atoms with van der Waals surface area (Å²) >= 11 is 0. The van der Waals surface area contributed by atoms with E-state index < -0.39 is 0 Å². The fourth-order valence-electron chi connectivity index (χ4n) is 2.48. The Hall–Kier alpha value is -1.16. The van der Waals surface area contributed by atoms with E-state index in [0.29, 0.717) is 18.6 Å². The number of aryl methyl sites for hydroxylation is 1. The van der Waals surface area contributed by atoms with Crippen LogP contribution in [0.25, 0.3) is 0 Å². The second kappa shape index (κ2) is 5.45. The maximum absolute atomic E-state index is 6.09. The van der Waals surface area contributed by atoms with E-state index in [4.69, 9.17) is 20.4 Å². The quantitative estimate of drug-likeness (QED) is 0.854. The van der Waals surface area contributed by atoms with Gasteiger partial charge in [-0.25, -0.2) is 4.98 Å². The molecule has 0 amide bonds. The standard InChI is InChI=1S/C15H23N3O/c1-2-13-12(8-9-16)15(19-11-4-3-5-11)18-14(17-13)10-6-7-10/h10-11H,2-9,16H2,1H3. The molecule has 4 nitrogen and oxygen atoms in total. The summed E-state index contributed by atoms with van der Waals surface area (Å²) in [6.07, 6.45) is 8.15. The Morgan fingerprint density at radius 3 is 2.53 bits per heavy atom. The van der Waals surface area contributed by atoms with Gasteiger partial charge in [0.1, 0.15) is 11.9 Å². The van der Waals surface area contributed by atoms with Gasteiger partial charge in [0.25, 0.3) is 0 Å². The summed E-state index contributed by atoms with van der Waals surface area (Å²) in [5.41, 5.74) is 8.01. The van der Waals surface area contributed by atoms with Crippen molar-refractivity contribution in [3.8, 4) is 5.88 Å². The largest absolute Gasteiger partial charge is 0.474 e. The Kier molecular flexibility index (Phi) is 3.69. The molecule has 0 atom stereocenters. The van der Waals surface area contributed by atoms with Gasteiger partial charge in [-0.2, -0.15) is 4.98 Å². The van der Waals surface area contributed by atoms with E-state index >= 15 is 0 Å². The molecule has 0 bridgehead atoms. The summed E-state index contributed by atoms with van der Waals surface area (Å²) in [6.45, 7) is 2.77. The Labute approximate surface area is 114 Å². The normalized spacial score (nSPS) is 19.3. The van der Waals surface area contributed by atoms with E-state index in [1.54, 1.807) is 0 Å². The highest BCUT2D eigenvalue weighted by molar-refractivity contribution is 5.33. The first kappa shape index (κ1) is 12.9. The van der Waals surface area contributed by atoms with Gasteiger partial charge < -0.3 is 10.5 Å². The minimum atomic E-state index is 0.364. The summed E-state index contributed by atoms with van der Waals surface area (Å²) in [6, 6.07) is 0. The molecule has 2 aliphatic rings. The Morgan fingerprint density at radius 1 is 1.21 bits per heavy atom. The molecule has 1 heterocycles. The van der Waals surface area contributed by atoms with Gasteiger partial charge in [-0.15, -0.1) is 0 Å². The Balaban J connectivity index is 1.92. The number of rotatable bonds is 6. The lowest BCUT2D eigenvalue weighted by atomic mass is 9.96. The van der Waals surface area contributed by atoms with Crippen molar-refractivity contribution in [2.45, 2.75) is 63.9 Å². The van der Waals surface area contributed by atoms with E-state index in [0.717, 1.165) is 48.6 Å². The highest BCUT2D eigenvalue weighted by atomic mass is 16.5. The third-order valence-corrected chi connectivity index (χ3v) is 4.07. The van der Waals surface area contributed by atoms with Crippen molar-refractivity contribution < 1.29 is 4.74 Å². The van der Waals surface area contributed by atoms with Crippen LogP contribution in [0.1, 0.15) is 62.0 Å². The Bertz CT molecular complexity index is 453. The van der Waals surface area contributed by atoms with Crippen LogP contribution in [0.5, 0.6) is 5.88 Å². The van der Waals surface area contributed by atoms with Gasteiger partial charge in [0, 0.05) is 11.5 Å². The predicted octanol–water partition coefficient (Wildman–Crippen LogP) is 2.35. The second-order valence-corrected chi connectivity index (χ2v) is 5.65. The second-order valence-electron chi connectivity index (χ2n) is 5.65. The molecule has 1 aromatic rings. The first-order chi connectivity index (χ1) is 9.31. The lowest BCUT2D eigenvalue weighted by Crippen LogP contribution is -2.26. The van der Waals surface area contributed by atoms with Crippen molar-refractivity contribution in [3.63, 3.8) is 0 Å². The zero-order chi connectivity index (χ0) is 13.2. The lowest BCUT2D eigenvalue weighted by Gasteiger charge is -2.27. The zero-order valence-electron chi connectivity index (χ0n) is 11.7. The van der Waals surface area contributed by atoms with E-state index in [1.165, 1.54) is 19.3 Å². The minimum absolute atomic E-state index is 0.364. The molecule has 1 aromatic heterocycles. The number of nitrogens with zero attached hydrogens (tertiary/aromatic N) is 2. The van der Waals surface area contributed by atoms with Crippen molar-refractivity contribution in [2.24, 2.45) is 5.73 Å². The average Bonchev–Trinajstić information content (AvgIpc) is 3.19. The molecule has 2 saturated carbocycles. The molecule has 0 aliphatic heterocycles. The summed E-state index contributed by atoms with van der Waals surface area (Å²) in [4.78, 5) is 9.43. The SMILES string of the molecule is CCc1nc(C2CC2)nc(OC2CCC2)c1CCN. The molecule has 2 fully saturated rings. The molecule has 0 aromatic carbocycles. The topological polar surface area (TPSA) is 61.0 Å². The van der Waals surface area contributed by atoms with Gasteiger partial charge in [0.2, 0.25) is 5.88 Å². The van der Waals surface area contributed by atoms with Crippen molar-refractivity contribution in [1.29, 1.82) is 0 Å². The molecular formula is C15H23N3O. The van der Waals surface area contributed by atoms with E-state index in [-0.39, 0.29) is 0 Å². The summed E-state index contributed by atoms with van der Waals surface area (Å²) in [5.74, 6) is 2.39. The first-order valence-electron chi connectivity index (χ1n) is 7.58. The van der Waals surface area contributed by atoms with Gasteiger partial charge in [0.05, 0.1) is 5.69 Å². The van der Waals surface area contributed by atoms with Crippen LogP contribution in [0, 0.1) is 0 Å². The van der Waals surface area contributed by atoms with Crippen LogP contribution in [0.4, 0.5) is 0 Å². The van der Waals surface area contributed by atoms with Crippen molar-refractivity contribution in [3.05, 3.63) is 17.1 Å². The molecule has 2 N–H and O–H groups in total. The van der Waals surface area contributed by atoms with Crippen LogP contribution in [0.2, 0.25) is 0 Å².